The topological polar surface area (TPSA) is 232 Å². The van der Waals surface area contributed by atoms with Crippen molar-refractivity contribution in [2.24, 2.45) is 5.16 Å². The zero-order chi connectivity index (χ0) is 25.1. The van der Waals surface area contributed by atoms with Gasteiger partial charge in [-0.15, -0.1) is 15.6 Å². The van der Waals surface area contributed by atoms with Gasteiger partial charge in [0, 0.05) is 17.8 Å². The Labute approximate surface area is 194 Å². The van der Waals surface area contributed by atoms with Crippen LogP contribution in [0, 0.1) is 0 Å². The lowest BCUT2D eigenvalue weighted by Crippen LogP contribution is -2.95. The van der Waals surface area contributed by atoms with Crippen LogP contribution in [0.25, 0.3) is 0 Å². The van der Waals surface area contributed by atoms with E-state index >= 15 is 0 Å². The van der Waals surface area contributed by atoms with Crippen molar-refractivity contribution in [2.75, 3.05) is 5.73 Å². The number of rotatable bonds is 9. The summed E-state index contributed by atoms with van der Waals surface area (Å²) < 4.78 is 40.3. The lowest BCUT2D eigenvalue weighted by molar-refractivity contribution is -0.448. The Morgan fingerprint density at radius 3 is 2.71 bits per heavy atom. The largest absolute Gasteiger partial charge is 0.478 e. The molecule has 3 fully saturated rings. The van der Waals surface area contributed by atoms with Crippen LogP contribution in [0.2, 0.25) is 0 Å². The van der Waals surface area contributed by atoms with Gasteiger partial charge in [0.1, 0.15) is 11.7 Å². The van der Waals surface area contributed by atoms with Gasteiger partial charge in [-0.1, -0.05) is 5.16 Å². The first-order chi connectivity index (χ1) is 15.8. The molecule has 5 heterocycles. The maximum Gasteiger partial charge on any atom is 0.350 e. The van der Waals surface area contributed by atoms with Crippen molar-refractivity contribution in [3.8, 4) is 0 Å². The van der Waals surface area contributed by atoms with Crippen LogP contribution in [0.4, 0.5) is 5.13 Å². The lowest BCUT2D eigenvalue weighted by atomic mass is 9.84. The van der Waals surface area contributed by atoms with E-state index in [0.29, 0.717) is 4.31 Å². The molecule has 3 atom stereocenters. The number of H-pyrrole nitrogens is 1. The number of carboxylic acids is 1. The molecule has 6 N–H and O–H groups in total. The van der Waals surface area contributed by atoms with E-state index in [1.54, 1.807) is 0 Å². The Hall–Kier alpha value is -3.32. The first kappa shape index (κ1) is 23.8. The number of carbonyl (C=O) groups is 2. The Bertz CT molecular complexity index is 1340. The number of nitrogen functional groups attached to an aromatic ring is 1. The highest BCUT2D eigenvalue weighted by Crippen LogP contribution is 2.54. The number of aromatic nitrogens is 3. The van der Waals surface area contributed by atoms with Crippen molar-refractivity contribution in [1.29, 1.82) is 0 Å². The highest BCUT2D eigenvalue weighted by molar-refractivity contribution is 7.83. The number of imidazole rings is 1. The van der Waals surface area contributed by atoms with Crippen molar-refractivity contribution in [3.05, 3.63) is 34.0 Å². The number of nitrogens with zero attached hydrogens (tertiary/aromatic N) is 4. The van der Waals surface area contributed by atoms with Crippen molar-refractivity contribution < 1.29 is 37.2 Å². The third-order valence-corrected chi connectivity index (χ3v) is 6.90. The van der Waals surface area contributed by atoms with Crippen molar-refractivity contribution in [2.45, 2.75) is 44.0 Å². The summed E-state index contributed by atoms with van der Waals surface area (Å²) in [6.07, 6.45) is 1.41. The van der Waals surface area contributed by atoms with Gasteiger partial charge in [0.2, 0.25) is 5.60 Å². The molecular formula is C16H19N7O9S2. The molecule has 3 saturated heterocycles. The van der Waals surface area contributed by atoms with Gasteiger partial charge in [0.05, 0.1) is 6.54 Å². The molecule has 0 aromatic carbocycles. The van der Waals surface area contributed by atoms with E-state index in [2.05, 4.69) is 20.4 Å². The third-order valence-electron chi connectivity index (χ3n) is 5.21. The summed E-state index contributed by atoms with van der Waals surface area (Å²) in [5.41, 5.74) is 1.04. The van der Waals surface area contributed by atoms with Crippen LogP contribution in [-0.2, 0) is 36.0 Å². The standard InChI is InChI=1S/C16H19N7O9S2/c1-15(2,12(25)26)32-21-8(7-5-33-13(17)19-7)10(24)20-9-11-23(34(28,29)30)16(9,31-11)6-22-4-3-18-14(22)27/h3-5,9,11H,6H2,1-2H3,(H2,17,19)(H,18,27)(H,20,24)(H,25,26)(H,28,29,30)/b21-8-/t9-,11?,16?/m0/s1. The van der Waals surface area contributed by atoms with Crippen LogP contribution in [0.5, 0.6) is 0 Å². The molecule has 1 amide bonds. The zero-order valence-electron chi connectivity index (χ0n) is 17.5. The fraction of sp³-hybridized carbons (Fsp3) is 0.438. The van der Waals surface area contributed by atoms with Crippen LogP contribution in [-0.4, -0.2) is 78.1 Å². The average Bonchev–Trinajstić information content (AvgIpc) is 3.30. The normalized spacial score (nSPS) is 24.7. The van der Waals surface area contributed by atoms with E-state index < -0.39 is 57.2 Å². The lowest BCUT2D eigenvalue weighted by Gasteiger charge is -2.71. The summed E-state index contributed by atoms with van der Waals surface area (Å²) in [4.78, 5) is 47.7. The van der Waals surface area contributed by atoms with Crippen molar-refractivity contribution >= 4 is 44.4 Å². The van der Waals surface area contributed by atoms with Gasteiger partial charge in [0.25, 0.3) is 5.91 Å². The predicted molar refractivity (Wildman–Crippen MR) is 114 cm³/mol. The highest BCUT2D eigenvalue weighted by Gasteiger charge is 2.79. The molecule has 2 bridgehead atoms. The highest BCUT2D eigenvalue weighted by atomic mass is 32.2. The van der Waals surface area contributed by atoms with E-state index in [1.165, 1.54) is 31.6 Å². The van der Waals surface area contributed by atoms with E-state index in [0.717, 1.165) is 15.9 Å². The van der Waals surface area contributed by atoms with Gasteiger partial charge in [-0.25, -0.2) is 14.6 Å². The fourth-order valence-corrected chi connectivity index (χ4v) is 4.98. The number of oxime groups is 1. The third kappa shape index (κ3) is 3.84. The minimum absolute atomic E-state index is 0.0161. The summed E-state index contributed by atoms with van der Waals surface area (Å²) in [6, 6.07) is -1.00. The molecule has 3 aliphatic heterocycles. The quantitative estimate of drug-likeness (QED) is 0.141. The molecular weight excluding hydrogens is 498 g/mol. The SMILES string of the molecule is CC(C)(O/N=C(\C(=O)N[C@H]1C2OC1(Cn1cc[nH]c1=O)N2S(=O)(=O)O)c1csc(N)n1)C(=O)O. The van der Waals surface area contributed by atoms with Crippen molar-refractivity contribution in [3.63, 3.8) is 0 Å². The smallest absolute Gasteiger partial charge is 0.350 e. The number of ether oxygens (including phenoxy) is 1. The molecule has 16 nitrogen and oxygen atoms in total. The Kier molecular flexibility index (Phi) is 5.52. The molecule has 2 unspecified atom stereocenters. The van der Waals surface area contributed by atoms with Gasteiger partial charge >= 0.3 is 22.0 Å². The first-order valence-electron chi connectivity index (χ1n) is 9.47. The molecule has 0 aliphatic carbocycles. The Balaban J connectivity index is 1.61. The maximum atomic E-state index is 13.1. The van der Waals surface area contributed by atoms with E-state index in [9.17, 15) is 32.5 Å². The molecule has 5 rings (SSSR count). The van der Waals surface area contributed by atoms with Crippen LogP contribution in [0.3, 0.4) is 0 Å². The van der Waals surface area contributed by atoms with Crippen LogP contribution in [0.1, 0.15) is 19.5 Å². The van der Waals surface area contributed by atoms with Gasteiger partial charge in [-0.3, -0.25) is 13.9 Å². The number of carboxylic acid groups (broad SMARTS) is 1. The molecule has 0 radical (unpaired) electrons. The number of carbonyl (C=O) groups excluding carboxylic acids is 1. The second kappa shape index (κ2) is 7.87. The number of aliphatic carboxylic acids is 1. The van der Waals surface area contributed by atoms with Gasteiger partial charge in [0.15, 0.2) is 22.8 Å². The fourth-order valence-electron chi connectivity index (χ4n) is 3.40. The minimum atomic E-state index is -4.73. The summed E-state index contributed by atoms with van der Waals surface area (Å²) in [5, 5.41) is 16.9. The second-order valence-corrected chi connectivity index (χ2v) is 10.1. The molecule has 0 spiro atoms. The first-order valence-corrected chi connectivity index (χ1v) is 11.7. The van der Waals surface area contributed by atoms with Gasteiger partial charge < -0.3 is 30.7 Å². The van der Waals surface area contributed by atoms with E-state index in [1.807, 2.05) is 0 Å². The molecule has 2 aromatic heterocycles. The Morgan fingerprint density at radius 2 is 2.21 bits per heavy atom. The number of amides is 1. The second-order valence-electron chi connectivity index (χ2n) is 7.89. The summed E-state index contributed by atoms with van der Waals surface area (Å²) >= 11 is 0.992. The molecule has 18 heteroatoms. The van der Waals surface area contributed by atoms with Gasteiger partial charge in [-0.2, -0.15) is 8.42 Å². The molecule has 34 heavy (non-hydrogen) atoms. The van der Waals surface area contributed by atoms with Crippen LogP contribution >= 0.6 is 11.3 Å². The molecule has 184 valence electrons. The average molecular weight is 518 g/mol. The van der Waals surface area contributed by atoms with Crippen LogP contribution in [0.15, 0.2) is 27.7 Å². The van der Waals surface area contributed by atoms with Gasteiger partial charge in [-0.05, 0) is 13.8 Å². The molecule has 3 aliphatic rings. The van der Waals surface area contributed by atoms with E-state index in [-0.39, 0.29) is 17.4 Å². The summed E-state index contributed by atoms with van der Waals surface area (Å²) in [5.74, 6) is -2.26. The number of nitrogens with one attached hydrogen (secondary N) is 2. The number of aromatic amines is 1. The molecule has 2 aromatic rings. The number of thiazole rings is 1. The van der Waals surface area contributed by atoms with Crippen molar-refractivity contribution in [1.82, 2.24) is 24.2 Å². The number of nitrogens with two attached hydrogens (primary N) is 1. The summed E-state index contributed by atoms with van der Waals surface area (Å²) in [7, 11) is -4.73. The number of anilines is 1. The monoisotopic (exact) mass is 517 g/mol. The number of hydrogen-bond acceptors (Lipinski definition) is 11. The number of hydrogen-bond donors (Lipinski definition) is 5. The minimum Gasteiger partial charge on any atom is -0.478 e. The maximum absolute atomic E-state index is 13.1. The zero-order valence-corrected chi connectivity index (χ0v) is 19.2. The predicted octanol–water partition coefficient (Wildman–Crippen LogP) is -1.84. The van der Waals surface area contributed by atoms with Crippen LogP contribution < -0.4 is 16.7 Å². The molecule has 0 saturated carbocycles. The summed E-state index contributed by atoms with van der Waals surface area (Å²) in [6.45, 7) is 2.08. The van der Waals surface area contributed by atoms with E-state index in [4.69, 9.17) is 15.3 Å². The Morgan fingerprint density at radius 1 is 1.50 bits per heavy atom.